The monoisotopic (exact) mass is 288 g/mol. The first-order valence-electron chi connectivity index (χ1n) is 8.47. The standard InChI is InChI=1S/C18H28N2O/c1-15-6-2-3-9-18(15)21-13-12-20-11-5-7-16(14-20)17-8-4-10-19-17/h2-3,6,9,16-17,19H,4-5,7-8,10-14H2,1H3. The Morgan fingerprint density at radius 1 is 1.24 bits per heavy atom. The van der Waals surface area contributed by atoms with E-state index in [1.54, 1.807) is 0 Å². The molecular weight excluding hydrogens is 260 g/mol. The molecule has 2 aliphatic rings. The lowest BCUT2D eigenvalue weighted by atomic mass is 9.90. The molecule has 0 radical (unpaired) electrons. The molecule has 0 bridgehead atoms. The summed E-state index contributed by atoms with van der Waals surface area (Å²) in [5, 5.41) is 3.68. The van der Waals surface area contributed by atoms with Crippen LogP contribution in [0.15, 0.2) is 24.3 Å². The van der Waals surface area contributed by atoms with Crippen LogP contribution in [0.3, 0.4) is 0 Å². The van der Waals surface area contributed by atoms with E-state index < -0.39 is 0 Å². The summed E-state index contributed by atoms with van der Waals surface area (Å²) < 4.78 is 5.94. The van der Waals surface area contributed by atoms with Gasteiger partial charge in [0.2, 0.25) is 0 Å². The summed E-state index contributed by atoms with van der Waals surface area (Å²) in [4.78, 5) is 2.59. The van der Waals surface area contributed by atoms with E-state index in [0.717, 1.165) is 30.9 Å². The highest BCUT2D eigenvalue weighted by Gasteiger charge is 2.28. The van der Waals surface area contributed by atoms with Crippen molar-refractivity contribution in [2.24, 2.45) is 5.92 Å². The molecule has 1 aromatic carbocycles. The van der Waals surface area contributed by atoms with Crippen LogP contribution in [0.2, 0.25) is 0 Å². The van der Waals surface area contributed by atoms with Crippen molar-refractivity contribution in [3.05, 3.63) is 29.8 Å². The number of para-hydroxylation sites is 1. The molecule has 0 aromatic heterocycles. The molecule has 2 heterocycles. The van der Waals surface area contributed by atoms with Gasteiger partial charge in [0, 0.05) is 19.1 Å². The molecule has 0 aliphatic carbocycles. The van der Waals surface area contributed by atoms with E-state index in [9.17, 15) is 0 Å². The topological polar surface area (TPSA) is 24.5 Å². The first-order chi connectivity index (χ1) is 10.3. The molecule has 21 heavy (non-hydrogen) atoms. The van der Waals surface area contributed by atoms with Crippen molar-refractivity contribution >= 4 is 0 Å². The van der Waals surface area contributed by atoms with Crippen LogP contribution in [0.25, 0.3) is 0 Å². The molecule has 1 aromatic rings. The summed E-state index contributed by atoms with van der Waals surface area (Å²) in [5.74, 6) is 1.88. The van der Waals surface area contributed by atoms with Gasteiger partial charge in [0.15, 0.2) is 0 Å². The predicted octanol–water partition coefficient (Wildman–Crippen LogP) is 2.84. The second kappa shape index (κ2) is 7.28. The van der Waals surface area contributed by atoms with Gasteiger partial charge >= 0.3 is 0 Å². The average molecular weight is 288 g/mol. The summed E-state index contributed by atoms with van der Waals surface area (Å²) >= 11 is 0. The fourth-order valence-corrected chi connectivity index (χ4v) is 3.74. The Kier molecular flexibility index (Phi) is 5.15. The Labute approximate surface area is 128 Å². The molecule has 1 N–H and O–H groups in total. The van der Waals surface area contributed by atoms with Crippen LogP contribution in [-0.2, 0) is 0 Å². The SMILES string of the molecule is Cc1ccccc1OCCN1CCCC(C2CCCN2)C1. The fourth-order valence-electron chi connectivity index (χ4n) is 3.74. The van der Waals surface area contributed by atoms with Crippen LogP contribution in [-0.4, -0.2) is 43.7 Å². The van der Waals surface area contributed by atoms with Gasteiger partial charge in [-0.05, 0) is 63.2 Å². The molecule has 3 nitrogen and oxygen atoms in total. The number of benzene rings is 1. The molecule has 2 aliphatic heterocycles. The van der Waals surface area contributed by atoms with Crippen LogP contribution in [0.1, 0.15) is 31.2 Å². The first kappa shape index (κ1) is 14.9. The number of nitrogens with one attached hydrogen (secondary N) is 1. The van der Waals surface area contributed by atoms with E-state index in [1.807, 2.05) is 6.07 Å². The minimum Gasteiger partial charge on any atom is -0.492 e. The van der Waals surface area contributed by atoms with Crippen LogP contribution in [0, 0.1) is 12.8 Å². The number of piperidine rings is 1. The highest BCUT2D eigenvalue weighted by molar-refractivity contribution is 5.31. The van der Waals surface area contributed by atoms with Crippen LogP contribution < -0.4 is 10.1 Å². The molecule has 3 rings (SSSR count). The summed E-state index contributed by atoms with van der Waals surface area (Å²) in [7, 11) is 0. The molecule has 2 fully saturated rings. The third-order valence-corrected chi connectivity index (χ3v) is 4.97. The normalized spacial score (nSPS) is 26.9. The number of nitrogens with zero attached hydrogens (tertiary/aromatic N) is 1. The maximum Gasteiger partial charge on any atom is 0.122 e. The van der Waals surface area contributed by atoms with Crippen LogP contribution >= 0.6 is 0 Å². The summed E-state index contributed by atoms with van der Waals surface area (Å²) in [6, 6.07) is 9.05. The number of rotatable bonds is 5. The van der Waals surface area contributed by atoms with Crippen molar-refractivity contribution in [1.29, 1.82) is 0 Å². The molecule has 0 spiro atoms. The number of hydrogen-bond acceptors (Lipinski definition) is 3. The zero-order chi connectivity index (χ0) is 14.5. The Balaban J connectivity index is 1.43. The van der Waals surface area contributed by atoms with Crippen molar-refractivity contribution in [3.8, 4) is 5.75 Å². The third kappa shape index (κ3) is 3.98. The van der Waals surface area contributed by atoms with Gasteiger partial charge in [0.25, 0.3) is 0 Å². The van der Waals surface area contributed by atoms with Crippen molar-refractivity contribution in [2.45, 2.75) is 38.6 Å². The predicted molar refractivity (Wildman–Crippen MR) is 86.9 cm³/mol. The van der Waals surface area contributed by atoms with Crippen molar-refractivity contribution in [2.75, 3.05) is 32.8 Å². The van der Waals surface area contributed by atoms with Gasteiger partial charge in [-0.15, -0.1) is 0 Å². The molecule has 0 amide bonds. The Bertz CT molecular complexity index is 443. The lowest BCUT2D eigenvalue weighted by molar-refractivity contribution is 0.130. The lowest BCUT2D eigenvalue weighted by Gasteiger charge is -2.35. The van der Waals surface area contributed by atoms with Gasteiger partial charge in [0.05, 0.1) is 0 Å². The van der Waals surface area contributed by atoms with E-state index in [0.29, 0.717) is 0 Å². The molecular formula is C18H28N2O. The molecule has 3 heteroatoms. The van der Waals surface area contributed by atoms with E-state index in [-0.39, 0.29) is 0 Å². The van der Waals surface area contributed by atoms with Crippen LogP contribution in [0.5, 0.6) is 5.75 Å². The zero-order valence-corrected chi connectivity index (χ0v) is 13.2. The number of ether oxygens (including phenoxy) is 1. The third-order valence-electron chi connectivity index (χ3n) is 4.97. The molecule has 116 valence electrons. The fraction of sp³-hybridized carbons (Fsp3) is 0.667. The van der Waals surface area contributed by atoms with Crippen molar-refractivity contribution in [1.82, 2.24) is 10.2 Å². The van der Waals surface area contributed by atoms with E-state index in [1.165, 1.54) is 50.9 Å². The molecule has 2 unspecified atom stereocenters. The van der Waals surface area contributed by atoms with Gasteiger partial charge < -0.3 is 10.1 Å². The minimum atomic E-state index is 0.769. The maximum atomic E-state index is 5.94. The van der Waals surface area contributed by atoms with Gasteiger partial charge in [0.1, 0.15) is 12.4 Å². The zero-order valence-electron chi connectivity index (χ0n) is 13.2. The van der Waals surface area contributed by atoms with Crippen molar-refractivity contribution < 1.29 is 4.74 Å². The maximum absolute atomic E-state index is 5.94. The Morgan fingerprint density at radius 3 is 2.95 bits per heavy atom. The van der Waals surface area contributed by atoms with Gasteiger partial charge in [-0.3, -0.25) is 4.90 Å². The highest BCUT2D eigenvalue weighted by atomic mass is 16.5. The molecule has 2 saturated heterocycles. The minimum absolute atomic E-state index is 0.769. The van der Waals surface area contributed by atoms with E-state index in [4.69, 9.17) is 4.74 Å². The summed E-state index contributed by atoms with van der Waals surface area (Å²) in [6.45, 7) is 7.66. The number of likely N-dealkylation sites (tertiary alicyclic amines) is 1. The summed E-state index contributed by atoms with van der Waals surface area (Å²) in [5.41, 5.74) is 1.23. The number of aryl methyl sites for hydroxylation is 1. The highest BCUT2D eigenvalue weighted by Crippen LogP contribution is 2.24. The number of hydrogen-bond donors (Lipinski definition) is 1. The quantitative estimate of drug-likeness (QED) is 0.901. The summed E-state index contributed by atoms with van der Waals surface area (Å²) in [6.07, 6.45) is 5.47. The first-order valence-corrected chi connectivity index (χ1v) is 8.47. The Hall–Kier alpha value is -1.06. The van der Waals surface area contributed by atoms with Gasteiger partial charge in [-0.1, -0.05) is 18.2 Å². The second-order valence-electron chi connectivity index (χ2n) is 6.52. The molecule has 2 atom stereocenters. The lowest BCUT2D eigenvalue weighted by Crippen LogP contribution is -2.44. The largest absolute Gasteiger partial charge is 0.492 e. The van der Waals surface area contributed by atoms with E-state index >= 15 is 0 Å². The average Bonchev–Trinajstić information content (AvgIpc) is 3.04. The molecule has 0 saturated carbocycles. The van der Waals surface area contributed by atoms with E-state index in [2.05, 4.69) is 35.3 Å². The van der Waals surface area contributed by atoms with Crippen LogP contribution in [0.4, 0.5) is 0 Å². The van der Waals surface area contributed by atoms with Crippen molar-refractivity contribution in [3.63, 3.8) is 0 Å². The van der Waals surface area contributed by atoms with Gasteiger partial charge in [-0.25, -0.2) is 0 Å². The Morgan fingerprint density at radius 2 is 2.14 bits per heavy atom. The smallest absolute Gasteiger partial charge is 0.122 e. The van der Waals surface area contributed by atoms with Gasteiger partial charge in [-0.2, -0.15) is 0 Å². The second-order valence-corrected chi connectivity index (χ2v) is 6.52.